The van der Waals surface area contributed by atoms with Crippen LogP contribution in [0.2, 0.25) is 0 Å². The van der Waals surface area contributed by atoms with Gasteiger partial charge in [-0.3, -0.25) is 0 Å². The molecule has 0 aliphatic carbocycles. The second-order valence-corrected chi connectivity index (χ2v) is 2.63. The molecule has 0 aromatic rings. The van der Waals surface area contributed by atoms with E-state index in [-0.39, 0.29) is 11.1 Å². The zero-order chi connectivity index (χ0) is 9.12. The standard InChI is InChI=1S/C6H15FNO/c1-8(2,3)4-5-9-6-7/h4-6H2,1-3H3/q+1/i4D2. The van der Waals surface area contributed by atoms with E-state index in [0.29, 0.717) is 0 Å². The third kappa shape index (κ3) is 7.85. The van der Waals surface area contributed by atoms with E-state index in [9.17, 15) is 4.39 Å². The van der Waals surface area contributed by atoms with Gasteiger partial charge in [0.05, 0.1) is 30.5 Å². The van der Waals surface area contributed by atoms with E-state index >= 15 is 0 Å². The Balaban J connectivity index is 4.00. The predicted molar refractivity (Wildman–Crippen MR) is 34.8 cm³/mol. The summed E-state index contributed by atoms with van der Waals surface area (Å²) in [4.78, 5) is 0. The first kappa shape index (κ1) is 5.62. The van der Waals surface area contributed by atoms with Crippen LogP contribution in [0.25, 0.3) is 0 Å². The van der Waals surface area contributed by atoms with Gasteiger partial charge >= 0.3 is 0 Å². The van der Waals surface area contributed by atoms with Gasteiger partial charge in [-0.2, -0.15) is 0 Å². The van der Waals surface area contributed by atoms with Crippen LogP contribution in [0.4, 0.5) is 4.39 Å². The molecule has 0 bridgehead atoms. The Morgan fingerprint density at radius 2 is 2.11 bits per heavy atom. The largest absolute Gasteiger partial charge is 0.345 e. The molecular formula is C6H15FNO+. The lowest BCUT2D eigenvalue weighted by Crippen LogP contribution is -2.37. The second kappa shape index (κ2) is 3.80. The lowest BCUT2D eigenvalue weighted by Gasteiger charge is -2.22. The van der Waals surface area contributed by atoms with Gasteiger partial charge in [0.15, 0.2) is 6.86 Å². The number of alkyl halides is 1. The summed E-state index contributed by atoms with van der Waals surface area (Å²) >= 11 is 0. The summed E-state index contributed by atoms with van der Waals surface area (Å²) in [6.07, 6.45) is 0. The van der Waals surface area contributed by atoms with Crippen molar-refractivity contribution in [2.24, 2.45) is 0 Å². The molecule has 0 heterocycles. The highest BCUT2D eigenvalue weighted by Gasteiger charge is 2.04. The molecule has 0 rings (SSSR count). The van der Waals surface area contributed by atoms with Crippen molar-refractivity contribution in [2.75, 3.05) is 41.1 Å². The molecule has 0 aliphatic rings. The zero-order valence-corrected chi connectivity index (χ0v) is 6.15. The SMILES string of the molecule is [2H]C([2H])(COCF)[N+](C)(C)C. The van der Waals surface area contributed by atoms with E-state index in [4.69, 9.17) is 2.74 Å². The lowest BCUT2D eigenvalue weighted by atomic mass is 10.5. The number of rotatable bonds is 4. The normalized spacial score (nSPS) is 16.9. The van der Waals surface area contributed by atoms with Gasteiger partial charge in [-0.15, -0.1) is 0 Å². The summed E-state index contributed by atoms with van der Waals surface area (Å²) in [6, 6.07) is 0. The Hall–Kier alpha value is -0.150. The van der Waals surface area contributed by atoms with Crippen molar-refractivity contribution in [3.8, 4) is 0 Å². The second-order valence-electron chi connectivity index (χ2n) is 2.63. The summed E-state index contributed by atoms with van der Waals surface area (Å²) in [7, 11) is 5.09. The van der Waals surface area contributed by atoms with Crippen LogP contribution in [0.15, 0.2) is 0 Å². The Labute approximate surface area is 58.6 Å². The van der Waals surface area contributed by atoms with Crippen LogP contribution in [0.3, 0.4) is 0 Å². The average molecular weight is 138 g/mol. The number of quaternary nitrogens is 1. The van der Waals surface area contributed by atoms with Crippen molar-refractivity contribution in [1.29, 1.82) is 0 Å². The first-order valence-electron chi connectivity index (χ1n) is 3.76. The van der Waals surface area contributed by atoms with Crippen LogP contribution in [0.1, 0.15) is 2.74 Å². The minimum atomic E-state index is -1.54. The molecule has 0 unspecified atom stereocenters. The highest BCUT2D eigenvalue weighted by molar-refractivity contribution is 4.23. The highest BCUT2D eigenvalue weighted by Crippen LogP contribution is 1.88. The van der Waals surface area contributed by atoms with Crippen molar-refractivity contribution in [3.63, 3.8) is 0 Å². The van der Waals surface area contributed by atoms with E-state index in [1.807, 2.05) is 0 Å². The van der Waals surface area contributed by atoms with Crippen LogP contribution in [-0.2, 0) is 4.74 Å². The Morgan fingerprint density at radius 1 is 1.56 bits per heavy atom. The van der Waals surface area contributed by atoms with Crippen LogP contribution in [0, 0.1) is 0 Å². The molecule has 0 amide bonds. The van der Waals surface area contributed by atoms with Crippen LogP contribution < -0.4 is 0 Å². The molecule has 0 radical (unpaired) electrons. The van der Waals surface area contributed by atoms with E-state index in [1.165, 1.54) is 0 Å². The minimum absolute atomic E-state index is 0.104. The molecule has 0 N–H and O–H groups in total. The summed E-state index contributed by atoms with van der Waals surface area (Å²) in [5, 5.41) is 0. The Kier molecular flexibility index (Phi) is 2.37. The van der Waals surface area contributed by atoms with Gasteiger partial charge in [0.1, 0.15) is 6.50 Å². The topological polar surface area (TPSA) is 9.23 Å². The highest BCUT2D eigenvalue weighted by atomic mass is 19.1. The molecule has 3 heteroatoms. The first-order chi connectivity index (χ1) is 4.81. The maximum absolute atomic E-state index is 11.5. The Bertz CT molecular complexity index is 124. The van der Waals surface area contributed by atoms with E-state index in [2.05, 4.69) is 4.74 Å². The zero-order valence-electron chi connectivity index (χ0n) is 8.15. The molecule has 0 atom stereocenters. The minimum Gasteiger partial charge on any atom is -0.345 e. The monoisotopic (exact) mass is 138 g/mol. The molecule has 0 aromatic heterocycles. The van der Waals surface area contributed by atoms with E-state index < -0.39 is 13.4 Å². The van der Waals surface area contributed by atoms with E-state index in [1.54, 1.807) is 21.1 Å². The fourth-order valence-corrected chi connectivity index (χ4v) is 0.278. The predicted octanol–water partition coefficient (Wildman–Crippen LogP) is 0.636. The number of likely N-dealkylation sites (N-methyl/N-ethyl adjacent to an activating group) is 1. The summed E-state index contributed by atoms with van der Waals surface area (Å²) in [6.45, 7) is -2.68. The van der Waals surface area contributed by atoms with Gasteiger partial charge in [-0.25, -0.2) is 4.39 Å². The molecule has 0 saturated carbocycles. The van der Waals surface area contributed by atoms with Crippen molar-refractivity contribution in [2.45, 2.75) is 0 Å². The molecule has 9 heavy (non-hydrogen) atoms. The van der Waals surface area contributed by atoms with Crippen LogP contribution >= 0.6 is 0 Å². The molecule has 56 valence electrons. The summed E-state index contributed by atoms with van der Waals surface area (Å²) in [5.41, 5.74) is 0. The third-order valence-electron chi connectivity index (χ3n) is 0.718. The van der Waals surface area contributed by atoms with Gasteiger partial charge in [-0.05, 0) is 0 Å². The molecule has 0 aromatic carbocycles. The number of ether oxygens (including phenoxy) is 1. The smallest absolute Gasteiger partial charge is 0.188 e. The van der Waals surface area contributed by atoms with Crippen LogP contribution in [0.5, 0.6) is 0 Å². The molecule has 0 spiro atoms. The van der Waals surface area contributed by atoms with Crippen LogP contribution in [-0.4, -0.2) is 45.6 Å². The fraction of sp³-hybridized carbons (Fsp3) is 1.00. The molecule has 0 saturated heterocycles. The maximum atomic E-state index is 11.5. The molecule has 0 aliphatic heterocycles. The number of halogens is 1. The number of nitrogens with zero attached hydrogens (tertiary/aromatic N) is 1. The average Bonchev–Trinajstić information content (AvgIpc) is 1.81. The fourth-order valence-electron chi connectivity index (χ4n) is 0.278. The maximum Gasteiger partial charge on any atom is 0.188 e. The van der Waals surface area contributed by atoms with Gasteiger partial charge in [-0.1, -0.05) is 0 Å². The van der Waals surface area contributed by atoms with Crippen molar-refractivity contribution in [1.82, 2.24) is 0 Å². The van der Waals surface area contributed by atoms with Gasteiger partial charge < -0.3 is 9.22 Å². The molecule has 0 fully saturated rings. The lowest BCUT2D eigenvalue weighted by molar-refractivity contribution is -0.870. The quantitative estimate of drug-likeness (QED) is 0.518. The first-order valence-corrected chi connectivity index (χ1v) is 2.76. The number of hydrogen-bond acceptors (Lipinski definition) is 1. The third-order valence-corrected chi connectivity index (χ3v) is 0.718. The van der Waals surface area contributed by atoms with Crippen molar-refractivity contribution >= 4 is 0 Å². The molecule has 2 nitrogen and oxygen atoms in total. The van der Waals surface area contributed by atoms with Gasteiger partial charge in [0.25, 0.3) is 0 Å². The Morgan fingerprint density at radius 3 is 2.44 bits per heavy atom. The van der Waals surface area contributed by atoms with Crippen molar-refractivity contribution < 1.29 is 16.4 Å². The number of hydrogen-bond donors (Lipinski definition) is 0. The van der Waals surface area contributed by atoms with Gasteiger partial charge in [0, 0.05) is 0 Å². The summed E-state index contributed by atoms with van der Waals surface area (Å²) in [5.74, 6) is 0. The van der Waals surface area contributed by atoms with Gasteiger partial charge in [0.2, 0.25) is 0 Å². The van der Waals surface area contributed by atoms with E-state index in [0.717, 1.165) is 0 Å². The van der Waals surface area contributed by atoms with Crippen molar-refractivity contribution in [3.05, 3.63) is 0 Å². The molecular weight excluding hydrogens is 121 g/mol. The summed E-state index contributed by atoms with van der Waals surface area (Å²) < 4.78 is 30.8.